The van der Waals surface area contributed by atoms with E-state index in [2.05, 4.69) is 0 Å². The molecule has 0 saturated carbocycles. The fraction of sp³-hybridized carbons (Fsp3) is 0.833. The molecule has 0 aliphatic rings. The zero-order valence-corrected chi connectivity index (χ0v) is 10.1. The third kappa shape index (κ3) is 14.1. The summed E-state index contributed by atoms with van der Waals surface area (Å²) in [6.07, 6.45) is -6.38. The Kier molecular flexibility index (Phi) is 16.6. The van der Waals surface area contributed by atoms with Crippen LogP contribution in [0.1, 0.15) is 0 Å². The molecule has 6 N–H and O–H groups in total. The monoisotopic (exact) mass is 236 g/mol. The summed E-state index contributed by atoms with van der Waals surface area (Å²) in [6, 6.07) is 0. The molecule has 2 unspecified atom stereocenters. The van der Waals surface area contributed by atoms with Crippen LogP contribution in [0.2, 0.25) is 0 Å². The number of aliphatic hydroxyl groups excluding tert-OH is 5. The van der Waals surface area contributed by atoms with Crippen molar-refractivity contribution in [3.63, 3.8) is 0 Å². The molecule has 9 heteroatoms. The Balaban J connectivity index is -0.000000249. The van der Waals surface area contributed by atoms with Crippen molar-refractivity contribution in [2.75, 3.05) is 13.2 Å². The molecule has 0 aromatic rings. The van der Waals surface area contributed by atoms with Crippen LogP contribution in [0.15, 0.2) is 0 Å². The Morgan fingerprint density at radius 3 is 1.40 bits per heavy atom. The predicted octanol–water partition coefficient (Wildman–Crippen LogP) is -7.05. The summed E-state index contributed by atoms with van der Waals surface area (Å²) in [4.78, 5) is 8.44. The molecular formula is C6H13NaO8. The molecule has 0 rings (SSSR count). The first kappa shape index (κ1) is 20.5. The standard InChI is InChI=1S/C5H12O5.CH2O3.Na/c6-1-3(8)5(10)4(9)2-7;2-1(3)4;/h3-10H,1-2H2;(H2,2,3,4);/q;;+1/p-1. The molecule has 0 bridgehead atoms. The van der Waals surface area contributed by atoms with E-state index in [1.54, 1.807) is 0 Å². The topological polar surface area (TPSA) is 162 Å². The quantitative estimate of drug-likeness (QED) is 0.262. The molecule has 0 amide bonds. The van der Waals surface area contributed by atoms with Crippen LogP contribution in [-0.2, 0) is 0 Å². The van der Waals surface area contributed by atoms with E-state index in [9.17, 15) is 0 Å². The van der Waals surface area contributed by atoms with Gasteiger partial charge in [-0.2, -0.15) is 0 Å². The van der Waals surface area contributed by atoms with Crippen molar-refractivity contribution >= 4 is 6.16 Å². The average Bonchev–Trinajstić information content (AvgIpc) is 2.13. The minimum Gasteiger partial charge on any atom is -0.565 e. The molecule has 0 aliphatic carbocycles. The van der Waals surface area contributed by atoms with Crippen LogP contribution in [-0.4, -0.2) is 68.3 Å². The van der Waals surface area contributed by atoms with Gasteiger partial charge in [0.1, 0.15) is 18.3 Å². The molecule has 0 radical (unpaired) electrons. The summed E-state index contributed by atoms with van der Waals surface area (Å²) < 4.78 is 0. The first-order valence-corrected chi connectivity index (χ1v) is 3.52. The minimum atomic E-state index is -2.08. The van der Waals surface area contributed by atoms with E-state index >= 15 is 0 Å². The number of hydrogen-bond acceptors (Lipinski definition) is 7. The maximum Gasteiger partial charge on any atom is 1.00 e. The molecule has 0 fully saturated rings. The third-order valence-electron chi connectivity index (χ3n) is 1.16. The molecule has 86 valence electrons. The van der Waals surface area contributed by atoms with Gasteiger partial charge in [-0.25, -0.2) is 0 Å². The summed E-state index contributed by atoms with van der Waals surface area (Å²) in [5.41, 5.74) is 0. The van der Waals surface area contributed by atoms with E-state index in [-0.39, 0.29) is 29.6 Å². The zero-order chi connectivity index (χ0) is 11.7. The van der Waals surface area contributed by atoms with E-state index in [0.717, 1.165) is 0 Å². The average molecular weight is 236 g/mol. The Bertz CT molecular complexity index is 140. The van der Waals surface area contributed by atoms with Crippen LogP contribution in [0.4, 0.5) is 4.79 Å². The molecule has 2 atom stereocenters. The summed E-state index contributed by atoms with van der Waals surface area (Å²) in [6.45, 7) is -1.28. The number of rotatable bonds is 4. The number of hydrogen-bond donors (Lipinski definition) is 6. The molecule has 0 heterocycles. The summed E-state index contributed by atoms with van der Waals surface area (Å²) in [5.74, 6) is 0. The Morgan fingerprint density at radius 1 is 1.07 bits per heavy atom. The predicted molar refractivity (Wildman–Crippen MR) is 40.2 cm³/mol. The van der Waals surface area contributed by atoms with Crippen molar-refractivity contribution in [3.05, 3.63) is 0 Å². The van der Waals surface area contributed by atoms with Gasteiger partial charge >= 0.3 is 29.6 Å². The van der Waals surface area contributed by atoms with Crippen LogP contribution in [0.3, 0.4) is 0 Å². The normalized spacial score (nSPS) is 15.0. The number of carboxylic acid groups (broad SMARTS) is 2. The fourth-order valence-corrected chi connectivity index (χ4v) is 0.472. The maximum atomic E-state index is 8.77. The maximum absolute atomic E-state index is 8.77. The second kappa shape index (κ2) is 12.1. The first-order valence-electron chi connectivity index (χ1n) is 3.52. The van der Waals surface area contributed by atoms with Crippen molar-refractivity contribution in [2.24, 2.45) is 0 Å². The van der Waals surface area contributed by atoms with E-state index < -0.39 is 37.7 Å². The van der Waals surface area contributed by atoms with Gasteiger partial charge in [0.2, 0.25) is 6.16 Å². The van der Waals surface area contributed by atoms with Gasteiger partial charge in [0, 0.05) is 0 Å². The van der Waals surface area contributed by atoms with Crippen LogP contribution in [0, 0.1) is 0 Å². The molecule has 0 aromatic carbocycles. The van der Waals surface area contributed by atoms with Crippen molar-refractivity contribution in [1.29, 1.82) is 0 Å². The van der Waals surface area contributed by atoms with E-state index in [1.807, 2.05) is 0 Å². The van der Waals surface area contributed by atoms with E-state index in [1.165, 1.54) is 0 Å². The molecule has 0 aromatic heterocycles. The molecular weight excluding hydrogens is 223 g/mol. The van der Waals surface area contributed by atoms with Gasteiger partial charge in [0.05, 0.1) is 13.2 Å². The summed E-state index contributed by atoms with van der Waals surface area (Å²) in [5, 5.41) is 57.9. The van der Waals surface area contributed by atoms with Gasteiger partial charge in [-0.3, -0.25) is 0 Å². The van der Waals surface area contributed by atoms with Gasteiger partial charge in [0.15, 0.2) is 0 Å². The number of carbonyl (C=O) groups is 1. The molecule has 8 nitrogen and oxygen atoms in total. The third-order valence-corrected chi connectivity index (χ3v) is 1.16. The van der Waals surface area contributed by atoms with E-state index in [0.29, 0.717) is 0 Å². The molecule has 0 saturated heterocycles. The smallest absolute Gasteiger partial charge is 0.565 e. The second-order valence-corrected chi connectivity index (χ2v) is 2.26. The van der Waals surface area contributed by atoms with Gasteiger partial charge in [0.25, 0.3) is 0 Å². The van der Waals surface area contributed by atoms with Crippen LogP contribution >= 0.6 is 0 Å². The molecule has 0 aliphatic heterocycles. The van der Waals surface area contributed by atoms with Gasteiger partial charge in [-0.05, 0) is 0 Å². The van der Waals surface area contributed by atoms with Crippen LogP contribution in [0.5, 0.6) is 0 Å². The van der Waals surface area contributed by atoms with Crippen molar-refractivity contribution in [1.82, 2.24) is 0 Å². The van der Waals surface area contributed by atoms with Crippen LogP contribution < -0.4 is 34.7 Å². The molecule has 15 heavy (non-hydrogen) atoms. The fourth-order valence-electron chi connectivity index (χ4n) is 0.472. The Hall–Kier alpha value is 0.0700. The van der Waals surface area contributed by atoms with E-state index in [4.69, 9.17) is 40.5 Å². The van der Waals surface area contributed by atoms with Gasteiger partial charge in [-0.1, -0.05) is 0 Å². The number of aliphatic hydroxyl groups is 5. The van der Waals surface area contributed by atoms with Crippen molar-refractivity contribution in [2.45, 2.75) is 18.3 Å². The van der Waals surface area contributed by atoms with Gasteiger partial charge < -0.3 is 40.5 Å². The van der Waals surface area contributed by atoms with Gasteiger partial charge in [-0.15, -0.1) is 0 Å². The zero-order valence-electron chi connectivity index (χ0n) is 8.15. The Labute approximate surface area is 108 Å². The minimum absolute atomic E-state index is 0. The largest absolute Gasteiger partial charge is 1.00 e. The Morgan fingerprint density at radius 2 is 1.27 bits per heavy atom. The van der Waals surface area contributed by atoms with Crippen molar-refractivity contribution in [3.8, 4) is 0 Å². The second-order valence-electron chi connectivity index (χ2n) is 2.26. The summed E-state index contributed by atoms with van der Waals surface area (Å²) in [7, 11) is 0. The molecule has 0 spiro atoms. The van der Waals surface area contributed by atoms with Crippen molar-refractivity contribution < 1.29 is 70.1 Å². The SMILES string of the molecule is O=C([O-])O.OCC(O)C(O)C(O)CO.[Na+]. The van der Waals surface area contributed by atoms with Crippen LogP contribution in [0.25, 0.3) is 0 Å². The summed E-state index contributed by atoms with van der Waals surface area (Å²) >= 11 is 0. The first-order chi connectivity index (χ1) is 6.36.